The lowest BCUT2D eigenvalue weighted by Crippen LogP contribution is -2.04. The Balaban J connectivity index is 4.58. The van der Waals surface area contributed by atoms with E-state index in [4.69, 9.17) is 4.74 Å². The highest BCUT2D eigenvalue weighted by atomic mass is 16.5. The molecule has 2 nitrogen and oxygen atoms in total. The molecular formula is C23H32O2. The third-order valence-corrected chi connectivity index (χ3v) is 3.43. The van der Waals surface area contributed by atoms with E-state index in [1.165, 1.54) is 11.1 Å². The topological polar surface area (TPSA) is 26.3 Å². The Labute approximate surface area is 153 Å². The van der Waals surface area contributed by atoms with Gasteiger partial charge in [0.1, 0.15) is 0 Å². The number of hydrogen-bond acceptors (Lipinski definition) is 2. The highest BCUT2D eigenvalue weighted by molar-refractivity contribution is 5.88. The molecule has 2 heteroatoms. The van der Waals surface area contributed by atoms with Crippen LogP contribution in [0, 0.1) is 0 Å². The van der Waals surface area contributed by atoms with E-state index in [1.807, 2.05) is 37.3 Å². The van der Waals surface area contributed by atoms with Crippen molar-refractivity contribution in [2.45, 2.75) is 48.0 Å². The summed E-state index contributed by atoms with van der Waals surface area (Å²) in [5.74, 6) is -0.272. The molecule has 0 radical (unpaired) electrons. The summed E-state index contributed by atoms with van der Waals surface area (Å²) in [5.41, 5.74) is 4.27. The summed E-state index contributed by atoms with van der Waals surface area (Å²) in [6.45, 7) is 12.3. The summed E-state index contributed by atoms with van der Waals surface area (Å²) >= 11 is 0. The summed E-state index contributed by atoms with van der Waals surface area (Å²) in [7, 11) is 0. The molecule has 0 heterocycles. The maximum atomic E-state index is 11.5. The molecule has 0 spiro atoms. The molecule has 0 saturated heterocycles. The average Bonchev–Trinajstić information content (AvgIpc) is 2.58. The van der Waals surface area contributed by atoms with Crippen LogP contribution in [0.4, 0.5) is 0 Å². The van der Waals surface area contributed by atoms with Gasteiger partial charge in [0.05, 0.1) is 6.61 Å². The number of allylic oxidation sites excluding steroid dienone is 13. The van der Waals surface area contributed by atoms with Crippen LogP contribution in [-0.2, 0) is 9.53 Å². The second-order valence-electron chi connectivity index (χ2n) is 5.86. The molecular weight excluding hydrogens is 308 g/mol. The minimum atomic E-state index is -0.272. The Bertz CT molecular complexity index is 620. The van der Waals surface area contributed by atoms with Crippen molar-refractivity contribution in [3.8, 4) is 0 Å². The zero-order chi connectivity index (χ0) is 19.1. The van der Waals surface area contributed by atoms with E-state index in [1.54, 1.807) is 19.9 Å². The first-order valence-corrected chi connectivity index (χ1v) is 8.78. The minimum Gasteiger partial charge on any atom is -0.463 e. The van der Waals surface area contributed by atoms with Gasteiger partial charge in [0.2, 0.25) is 0 Å². The summed E-state index contributed by atoms with van der Waals surface area (Å²) in [4.78, 5) is 11.5. The molecule has 0 unspecified atom stereocenters. The second kappa shape index (κ2) is 14.0. The molecule has 0 aromatic carbocycles. The number of esters is 1. The summed E-state index contributed by atoms with van der Waals surface area (Å²) in [5, 5.41) is 0. The molecule has 0 rings (SSSR count). The van der Waals surface area contributed by atoms with Gasteiger partial charge in [-0.1, -0.05) is 84.4 Å². The lowest BCUT2D eigenvalue weighted by atomic mass is 10.2. The van der Waals surface area contributed by atoms with Crippen molar-refractivity contribution in [1.29, 1.82) is 0 Å². The molecule has 0 bridgehead atoms. The highest BCUT2D eigenvalue weighted by Crippen LogP contribution is 2.03. The number of ether oxygens (including phenoxy) is 1. The van der Waals surface area contributed by atoms with Gasteiger partial charge in [-0.25, -0.2) is 4.79 Å². The zero-order valence-electron chi connectivity index (χ0n) is 16.5. The average molecular weight is 341 g/mol. The van der Waals surface area contributed by atoms with Crippen molar-refractivity contribution in [2.24, 2.45) is 0 Å². The lowest BCUT2D eigenvalue weighted by Gasteiger charge is -1.99. The molecule has 0 aliphatic carbocycles. The first-order chi connectivity index (χ1) is 11.9. The largest absolute Gasteiger partial charge is 0.463 e. The van der Waals surface area contributed by atoms with Crippen LogP contribution in [0.2, 0.25) is 0 Å². The quantitative estimate of drug-likeness (QED) is 0.275. The molecule has 0 atom stereocenters. The molecule has 0 aliphatic heterocycles. The van der Waals surface area contributed by atoms with Crippen LogP contribution in [-0.4, -0.2) is 12.6 Å². The van der Waals surface area contributed by atoms with E-state index < -0.39 is 0 Å². The van der Waals surface area contributed by atoms with E-state index in [0.29, 0.717) is 12.2 Å². The van der Waals surface area contributed by atoms with Gasteiger partial charge in [0.25, 0.3) is 0 Å². The monoisotopic (exact) mass is 340 g/mol. The van der Waals surface area contributed by atoms with Gasteiger partial charge >= 0.3 is 5.97 Å². The van der Waals surface area contributed by atoms with E-state index >= 15 is 0 Å². The SMILES string of the molecule is CCOC(=O)C(C)=CC=CC(C)=CC=CC=C(C)C=CC=C(C)CC. The molecule has 0 N–H and O–H groups in total. The second-order valence-corrected chi connectivity index (χ2v) is 5.86. The Morgan fingerprint density at radius 3 is 1.76 bits per heavy atom. The van der Waals surface area contributed by atoms with E-state index in [-0.39, 0.29) is 5.97 Å². The van der Waals surface area contributed by atoms with E-state index in [2.05, 4.69) is 45.1 Å². The molecule has 0 aromatic rings. The van der Waals surface area contributed by atoms with Crippen LogP contribution in [0.15, 0.2) is 83.1 Å². The molecule has 0 saturated carbocycles. The fourth-order valence-electron chi connectivity index (χ4n) is 1.66. The zero-order valence-corrected chi connectivity index (χ0v) is 16.5. The van der Waals surface area contributed by atoms with Crippen molar-refractivity contribution in [1.82, 2.24) is 0 Å². The minimum absolute atomic E-state index is 0.272. The van der Waals surface area contributed by atoms with Gasteiger partial charge in [-0.2, -0.15) is 0 Å². The van der Waals surface area contributed by atoms with Crippen LogP contribution >= 0.6 is 0 Å². The van der Waals surface area contributed by atoms with Crippen LogP contribution in [0.5, 0.6) is 0 Å². The normalized spacial score (nSPS) is 15.0. The summed E-state index contributed by atoms with van der Waals surface area (Å²) in [6.07, 6.45) is 21.1. The maximum Gasteiger partial charge on any atom is 0.333 e. The van der Waals surface area contributed by atoms with Crippen LogP contribution in [0.1, 0.15) is 48.0 Å². The molecule has 25 heavy (non-hydrogen) atoms. The molecule has 0 aromatic heterocycles. The summed E-state index contributed by atoms with van der Waals surface area (Å²) in [6, 6.07) is 0. The van der Waals surface area contributed by atoms with Crippen molar-refractivity contribution in [2.75, 3.05) is 6.61 Å². The third kappa shape index (κ3) is 12.7. The van der Waals surface area contributed by atoms with Gasteiger partial charge in [-0.15, -0.1) is 0 Å². The van der Waals surface area contributed by atoms with Crippen molar-refractivity contribution >= 4 is 5.97 Å². The third-order valence-electron chi connectivity index (χ3n) is 3.43. The van der Waals surface area contributed by atoms with Gasteiger partial charge in [0.15, 0.2) is 0 Å². The van der Waals surface area contributed by atoms with Crippen molar-refractivity contribution in [3.63, 3.8) is 0 Å². The highest BCUT2D eigenvalue weighted by Gasteiger charge is 2.01. The van der Waals surface area contributed by atoms with Crippen LogP contribution in [0.3, 0.4) is 0 Å². The van der Waals surface area contributed by atoms with Gasteiger partial charge in [-0.05, 0) is 41.0 Å². The predicted molar refractivity (Wildman–Crippen MR) is 109 cm³/mol. The van der Waals surface area contributed by atoms with E-state index in [0.717, 1.165) is 12.0 Å². The first kappa shape index (κ1) is 22.7. The van der Waals surface area contributed by atoms with Gasteiger partial charge in [0, 0.05) is 5.57 Å². The smallest absolute Gasteiger partial charge is 0.333 e. The van der Waals surface area contributed by atoms with E-state index in [9.17, 15) is 4.79 Å². The Kier molecular flexibility index (Phi) is 12.7. The first-order valence-electron chi connectivity index (χ1n) is 8.78. The predicted octanol–water partition coefficient (Wildman–Crippen LogP) is 6.41. The van der Waals surface area contributed by atoms with Crippen LogP contribution in [0.25, 0.3) is 0 Å². The van der Waals surface area contributed by atoms with Gasteiger partial charge in [-0.3, -0.25) is 0 Å². The molecule has 136 valence electrons. The Morgan fingerprint density at radius 2 is 1.28 bits per heavy atom. The van der Waals surface area contributed by atoms with Crippen molar-refractivity contribution < 1.29 is 9.53 Å². The maximum absolute atomic E-state index is 11.5. The molecule has 0 amide bonds. The Morgan fingerprint density at radius 1 is 0.760 bits per heavy atom. The molecule has 0 aliphatic rings. The van der Waals surface area contributed by atoms with Crippen LogP contribution < -0.4 is 0 Å². The van der Waals surface area contributed by atoms with Gasteiger partial charge < -0.3 is 4.74 Å². The fourth-order valence-corrected chi connectivity index (χ4v) is 1.66. The number of hydrogen-bond donors (Lipinski definition) is 0. The Hall–Kier alpha value is -2.35. The lowest BCUT2D eigenvalue weighted by molar-refractivity contribution is -0.138. The standard InChI is InChI=1S/C23H32O2/c1-7-19(3)15-11-16-20(4)13-9-10-14-21(5)17-12-18-22(6)23(24)25-8-2/h9-18H,7-8H2,1-6H3. The number of carbonyl (C=O) groups is 1. The number of carbonyl (C=O) groups excluding carboxylic acids is 1. The fraction of sp³-hybridized carbons (Fsp3) is 0.348. The number of rotatable bonds is 9. The van der Waals surface area contributed by atoms with Crippen molar-refractivity contribution in [3.05, 3.63) is 83.1 Å². The molecule has 0 fully saturated rings. The summed E-state index contributed by atoms with van der Waals surface area (Å²) < 4.78 is 4.93.